The topological polar surface area (TPSA) is 84.9 Å². The van der Waals surface area contributed by atoms with Crippen molar-refractivity contribution in [2.24, 2.45) is 0 Å². The lowest BCUT2D eigenvalue weighted by molar-refractivity contribution is -0.122. The number of para-hydroxylation sites is 1. The van der Waals surface area contributed by atoms with Crippen LogP contribution in [-0.4, -0.2) is 17.8 Å². The average Bonchev–Trinajstić information content (AvgIpc) is 3.02. The van der Waals surface area contributed by atoms with Crippen molar-refractivity contribution in [2.45, 2.75) is 13.2 Å². The SMILES string of the molecule is O=C1NC(=O)N(c2ccc(OCc3ccccc3)cc2)C(=O)/C1=C/c1ccccc1OCc1cccc2ccccc12. The number of amides is 4. The van der Waals surface area contributed by atoms with Gasteiger partial charge in [0.25, 0.3) is 11.8 Å². The standard InChI is InChI=1S/C35H26N2O5/c38-33-31(21-26-12-5-7-16-32(26)42-23-27-14-8-13-25-11-4-6-15-30(25)27)34(39)37(35(40)36-33)28-17-19-29(20-18-28)41-22-24-9-2-1-3-10-24/h1-21H,22-23H2,(H,36,38,40)/b31-21+. The third-order valence-corrected chi connectivity index (χ3v) is 6.93. The highest BCUT2D eigenvalue weighted by molar-refractivity contribution is 6.39. The number of urea groups is 1. The third kappa shape index (κ3) is 5.62. The van der Waals surface area contributed by atoms with Gasteiger partial charge in [0, 0.05) is 5.56 Å². The highest BCUT2D eigenvalue weighted by atomic mass is 16.5. The van der Waals surface area contributed by atoms with Gasteiger partial charge in [0.2, 0.25) is 0 Å². The second kappa shape index (κ2) is 11.8. The van der Waals surface area contributed by atoms with E-state index in [2.05, 4.69) is 5.32 Å². The summed E-state index contributed by atoms with van der Waals surface area (Å²) >= 11 is 0. The van der Waals surface area contributed by atoms with Gasteiger partial charge in [0.05, 0.1) is 5.69 Å². The van der Waals surface area contributed by atoms with Crippen molar-refractivity contribution in [3.05, 3.63) is 144 Å². The molecule has 0 aliphatic carbocycles. The summed E-state index contributed by atoms with van der Waals surface area (Å²) in [5, 5.41) is 4.47. The summed E-state index contributed by atoms with van der Waals surface area (Å²) in [6, 6.07) is 36.7. The number of ether oxygens (including phenoxy) is 2. The molecule has 0 atom stereocenters. The number of hydrogen-bond acceptors (Lipinski definition) is 5. The van der Waals surface area contributed by atoms with Gasteiger partial charge in [-0.25, -0.2) is 9.69 Å². The first-order valence-corrected chi connectivity index (χ1v) is 13.4. The fraction of sp³-hybridized carbons (Fsp3) is 0.0571. The first kappa shape index (κ1) is 26.5. The number of hydrogen-bond donors (Lipinski definition) is 1. The molecule has 6 rings (SSSR count). The van der Waals surface area contributed by atoms with E-state index < -0.39 is 17.8 Å². The van der Waals surface area contributed by atoms with Gasteiger partial charge in [-0.2, -0.15) is 0 Å². The molecule has 0 aromatic heterocycles. The highest BCUT2D eigenvalue weighted by Gasteiger charge is 2.37. The van der Waals surface area contributed by atoms with Crippen LogP contribution in [0.15, 0.2) is 127 Å². The van der Waals surface area contributed by atoms with Gasteiger partial charge in [-0.05, 0) is 58.3 Å². The van der Waals surface area contributed by atoms with E-state index in [1.165, 1.54) is 6.08 Å². The summed E-state index contributed by atoms with van der Waals surface area (Å²) < 4.78 is 12.0. The van der Waals surface area contributed by atoms with Crippen molar-refractivity contribution in [2.75, 3.05) is 4.90 Å². The number of fused-ring (bicyclic) bond motifs is 1. The molecule has 4 amide bonds. The Kier molecular flexibility index (Phi) is 7.46. The minimum absolute atomic E-state index is 0.180. The number of imide groups is 2. The number of rotatable bonds is 8. The molecule has 1 heterocycles. The molecular formula is C35H26N2O5. The van der Waals surface area contributed by atoms with Crippen molar-refractivity contribution < 1.29 is 23.9 Å². The van der Waals surface area contributed by atoms with E-state index in [0.717, 1.165) is 26.8 Å². The van der Waals surface area contributed by atoms with Gasteiger partial charge in [0.1, 0.15) is 30.3 Å². The first-order valence-electron chi connectivity index (χ1n) is 13.4. The number of nitrogens with zero attached hydrogens (tertiary/aromatic N) is 1. The molecule has 1 fully saturated rings. The summed E-state index contributed by atoms with van der Waals surface area (Å²) in [4.78, 5) is 40.0. The predicted octanol–water partition coefficient (Wildman–Crippen LogP) is 6.66. The van der Waals surface area contributed by atoms with E-state index in [0.29, 0.717) is 36.0 Å². The molecule has 5 aromatic carbocycles. The molecular weight excluding hydrogens is 528 g/mol. The van der Waals surface area contributed by atoms with Gasteiger partial charge in [0.15, 0.2) is 0 Å². The Morgan fingerprint density at radius 1 is 0.667 bits per heavy atom. The van der Waals surface area contributed by atoms with Crippen molar-refractivity contribution in [3.63, 3.8) is 0 Å². The van der Waals surface area contributed by atoms with Crippen LogP contribution in [0.25, 0.3) is 16.8 Å². The van der Waals surface area contributed by atoms with E-state index in [1.54, 1.807) is 42.5 Å². The van der Waals surface area contributed by atoms with Gasteiger partial charge in [-0.1, -0.05) is 91.0 Å². The van der Waals surface area contributed by atoms with Crippen LogP contribution >= 0.6 is 0 Å². The fourth-order valence-corrected chi connectivity index (χ4v) is 4.78. The summed E-state index contributed by atoms with van der Waals surface area (Å²) in [5.74, 6) is -0.419. The summed E-state index contributed by atoms with van der Waals surface area (Å²) in [5.41, 5.74) is 2.69. The molecule has 0 spiro atoms. The van der Waals surface area contributed by atoms with E-state index in [4.69, 9.17) is 9.47 Å². The second-order valence-electron chi connectivity index (χ2n) is 9.69. The Hall–Kier alpha value is -5.69. The number of carbonyl (C=O) groups is 3. The molecule has 0 saturated carbocycles. The molecule has 0 bridgehead atoms. The minimum atomic E-state index is -0.819. The van der Waals surface area contributed by atoms with Gasteiger partial charge in [-0.15, -0.1) is 0 Å². The zero-order chi connectivity index (χ0) is 28.9. The summed E-state index contributed by atoms with van der Waals surface area (Å²) in [6.07, 6.45) is 1.45. The van der Waals surface area contributed by atoms with Gasteiger partial charge in [-0.3, -0.25) is 14.9 Å². The molecule has 7 heteroatoms. The maximum atomic E-state index is 13.5. The second-order valence-corrected chi connectivity index (χ2v) is 9.69. The molecule has 42 heavy (non-hydrogen) atoms. The Bertz CT molecular complexity index is 1810. The van der Waals surface area contributed by atoms with Crippen LogP contribution in [0, 0.1) is 0 Å². The van der Waals surface area contributed by atoms with Crippen molar-refractivity contribution in [1.82, 2.24) is 5.32 Å². The van der Waals surface area contributed by atoms with Crippen LogP contribution in [0.4, 0.5) is 10.5 Å². The zero-order valence-corrected chi connectivity index (χ0v) is 22.5. The van der Waals surface area contributed by atoms with E-state index in [9.17, 15) is 14.4 Å². The molecule has 0 unspecified atom stereocenters. The maximum Gasteiger partial charge on any atom is 0.335 e. The van der Waals surface area contributed by atoms with Gasteiger partial charge >= 0.3 is 6.03 Å². The zero-order valence-electron chi connectivity index (χ0n) is 22.5. The molecule has 1 aliphatic rings. The quantitative estimate of drug-likeness (QED) is 0.171. The lowest BCUT2D eigenvalue weighted by atomic mass is 10.0. The normalized spacial score (nSPS) is 14.2. The smallest absolute Gasteiger partial charge is 0.335 e. The molecule has 1 saturated heterocycles. The van der Waals surface area contributed by atoms with Crippen LogP contribution in [-0.2, 0) is 22.8 Å². The Morgan fingerprint density at radius 3 is 2.21 bits per heavy atom. The average molecular weight is 555 g/mol. The molecule has 1 aliphatic heterocycles. The Balaban J connectivity index is 1.21. The number of benzene rings is 5. The van der Waals surface area contributed by atoms with Crippen LogP contribution in [0.3, 0.4) is 0 Å². The van der Waals surface area contributed by atoms with E-state index in [1.807, 2.05) is 78.9 Å². The summed E-state index contributed by atoms with van der Waals surface area (Å²) in [6.45, 7) is 0.678. The van der Waals surface area contributed by atoms with Crippen LogP contribution in [0.2, 0.25) is 0 Å². The summed E-state index contributed by atoms with van der Waals surface area (Å²) in [7, 11) is 0. The Labute approximate surface area is 242 Å². The largest absolute Gasteiger partial charge is 0.489 e. The maximum absolute atomic E-state index is 13.5. The minimum Gasteiger partial charge on any atom is -0.489 e. The van der Waals surface area contributed by atoms with Crippen LogP contribution in [0.1, 0.15) is 16.7 Å². The molecule has 7 nitrogen and oxygen atoms in total. The first-order chi connectivity index (χ1) is 20.6. The van der Waals surface area contributed by atoms with Crippen molar-refractivity contribution in [3.8, 4) is 11.5 Å². The highest BCUT2D eigenvalue weighted by Crippen LogP contribution is 2.28. The van der Waals surface area contributed by atoms with E-state index >= 15 is 0 Å². The molecule has 206 valence electrons. The van der Waals surface area contributed by atoms with Gasteiger partial charge < -0.3 is 9.47 Å². The number of nitrogens with one attached hydrogen (secondary N) is 1. The molecule has 0 radical (unpaired) electrons. The van der Waals surface area contributed by atoms with Crippen LogP contribution < -0.4 is 19.7 Å². The lowest BCUT2D eigenvalue weighted by Crippen LogP contribution is -2.54. The number of barbiturate groups is 1. The number of anilines is 1. The molecule has 5 aromatic rings. The fourth-order valence-electron chi connectivity index (χ4n) is 4.78. The van der Waals surface area contributed by atoms with Crippen LogP contribution in [0.5, 0.6) is 11.5 Å². The van der Waals surface area contributed by atoms with Crippen molar-refractivity contribution >= 4 is 40.4 Å². The predicted molar refractivity (Wildman–Crippen MR) is 161 cm³/mol. The Morgan fingerprint density at radius 2 is 1.38 bits per heavy atom. The third-order valence-electron chi connectivity index (χ3n) is 6.93. The van der Waals surface area contributed by atoms with Crippen molar-refractivity contribution in [1.29, 1.82) is 0 Å². The lowest BCUT2D eigenvalue weighted by Gasteiger charge is -2.26. The number of carbonyl (C=O) groups excluding carboxylic acids is 3. The molecule has 1 N–H and O–H groups in total. The van der Waals surface area contributed by atoms with E-state index in [-0.39, 0.29) is 5.57 Å². The monoisotopic (exact) mass is 554 g/mol.